The highest BCUT2D eigenvalue weighted by molar-refractivity contribution is 7.98. The van der Waals surface area contributed by atoms with Crippen LogP contribution >= 0.6 is 46.0 Å². The summed E-state index contributed by atoms with van der Waals surface area (Å²) >= 11 is 12.3. The summed E-state index contributed by atoms with van der Waals surface area (Å²) in [6.07, 6.45) is 1.22. The number of thiophene rings is 2. The van der Waals surface area contributed by atoms with E-state index in [1.807, 2.05) is 23.1 Å². The summed E-state index contributed by atoms with van der Waals surface area (Å²) < 4.78 is 0. The lowest BCUT2D eigenvalue weighted by atomic mass is 10.2. The van der Waals surface area contributed by atoms with E-state index in [0.717, 1.165) is 0 Å². The van der Waals surface area contributed by atoms with Gasteiger partial charge in [-0.1, -0.05) is 0 Å². The Morgan fingerprint density at radius 1 is 1.24 bits per heavy atom. The molecule has 3 rings (SSSR count). The largest absolute Gasteiger partial charge is 0.157 e. The molecule has 0 amide bonds. The van der Waals surface area contributed by atoms with Crippen molar-refractivity contribution >= 4 is 46.0 Å². The van der Waals surface area contributed by atoms with Gasteiger partial charge in [-0.2, -0.15) is 11.8 Å². The Morgan fingerprint density at radius 3 is 2.82 bits per heavy atom. The number of halogens is 1. The quantitative estimate of drug-likeness (QED) is 0.684. The van der Waals surface area contributed by atoms with Crippen molar-refractivity contribution in [2.45, 2.75) is 24.5 Å². The molecule has 0 fully saturated rings. The number of rotatable bonds is 2. The number of alkyl halides is 1. The van der Waals surface area contributed by atoms with Crippen LogP contribution in [0.15, 0.2) is 18.2 Å². The number of fused-ring (bicyclic) bond motifs is 1. The molecule has 2 aromatic heterocycles. The second-order valence-corrected chi connectivity index (χ2v) is 8.24. The zero-order valence-corrected chi connectivity index (χ0v) is 12.7. The fourth-order valence-corrected chi connectivity index (χ4v) is 5.75. The molecular weight excluding hydrogens is 288 g/mol. The highest BCUT2D eigenvalue weighted by atomic mass is 35.5. The van der Waals surface area contributed by atoms with E-state index in [0.29, 0.717) is 0 Å². The zero-order valence-electron chi connectivity index (χ0n) is 9.53. The number of aryl methyl sites for hydroxylation is 2. The monoisotopic (exact) mass is 300 g/mol. The third-order valence-corrected chi connectivity index (χ3v) is 7.01. The van der Waals surface area contributed by atoms with Crippen LogP contribution in [0.4, 0.5) is 0 Å². The van der Waals surface area contributed by atoms with Crippen LogP contribution in [0.3, 0.4) is 0 Å². The van der Waals surface area contributed by atoms with E-state index >= 15 is 0 Å². The molecule has 17 heavy (non-hydrogen) atoms. The van der Waals surface area contributed by atoms with Gasteiger partial charge in [0.25, 0.3) is 0 Å². The number of hydrogen-bond donors (Lipinski definition) is 0. The normalized spacial score (nSPS) is 16.8. The van der Waals surface area contributed by atoms with Crippen LogP contribution in [-0.2, 0) is 12.2 Å². The van der Waals surface area contributed by atoms with Crippen LogP contribution in [0.5, 0.6) is 0 Å². The lowest BCUT2D eigenvalue weighted by molar-refractivity contribution is 1.13. The van der Waals surface area contributed by atoms with Gasteiger partial charge in [0.15, 0.2) is 0 Å². The van der Waals surface area contributed by atoms with Crippen LogP contribution in [0.2, 0.25) is 0 Å². The molecule has 0 nitrogen and oxygen atoms in total. The van der Waals surface area contributed by atoms with Crippen molar-refractivity contribution in [3.63, 3.8) is 0 Å². The zero-order chi connectivity index (χ0) is 11.8. The van der Waals surface area contributed by atoms with Crippen LogP contribution in [-0.4, -0.2) is 5.75 Å². The Balaban J connectivity index is 1.91. The van der Waals surface area contributed by atoms with Crippen molar-refractivity contribution in [3.05, 3.63) is 43.3 Å². The van der Waals surface area contributed by atoms with Gasteiger partial charge >= 0.3 is 0 Å². The van der Waals surface area contributed by atoms with Crippen LogP contribution < -0.4 is 0 Å². The molecule has 0 spiro atoms. The molecular formula is C13H13ClS3. The molecule has 0 aromatic carbocycles. The average molecular weight is 301 g/mol. The minimum Gasteiger partial charge on any atom is -0.157 e. The van der Waals surface area contributed by atoms with Crippen molar-refractivity contribution in [1.82, 2.24) is 0 Å². The first-order valence-electron chi connectivity index (χ1n) is 5.63. The molecule has 90 valence electrons. The SMILES string of the molecule is Cc1ccc(C(Cl)c2cc3c(s2)CCSC3)s1. The summed E-state index contributed by atoms with van der Waals surface area (Å²) in [5, 5.41) is 0.0503. The molecule has 0 saturated carbocycles. The highest BCUT2D eigenvalue weighted by Gasteiger charge is 2.19. The van der Waals surface area contributed by atoms with E-state index in [1.165, 1.54) is 38.1 Å². The second kappa shape index (κ2) is 4.96. The van der Waals surface area contributed by atoms with Crippen molar-refractivity contribution in [2.24, 2.45) is 0 Å². The Bertz CT molecular complexity index is 503. The first kappa shape index (κ1) is 12.1. The Kier molecular flexibility index (Phi) is 3.53. The Hall–Kier alpha value is 0.0400. The molecule has 1 aliphatic rings. The molecule has 1 atom stereocenters. The standard InChI is InChI=1S/C13H13ClS3/c1-8-2-3-11(16-8)13(14)12-6-9-7-15-5-4-10(9)17-12/h2-3,6,13H,4-5,7H2,1H3. The van der Waals surface area contributed by atoms with Crippen molar-refractivity contribution in [1.29, 1.82) is 0 Å². The van der Waals surface area contributed by atoms with E-state index in [2.05, 4.69) is 25.1 Å². The van der Waals surface area contributed by atoms with E-state index in [9.17, 15) is 0 Å². The minimum absolute atomic E-state index is 0.0503. The lowest BCUT2D eigenvalue weighted by Crippen LogP contribution is -1.96. The molecule has 0 bridgehead atoms. The maximum atomic E-state index is 6.58. The van der Waals surface area contributed by atoms with Crippen molar-refractivity contribution < 1.29 is 0 Å². The Labute approximate surface area is 119 Å². The molecule has 1 unspecified atom stereocenters. The third-order valence-electron chi connectivity index (χ3n) is 2.91. The summed E-state index contributed by atoms with van der Waals surface area (Å²) in [6.45, 7) is 2.13. The van der Waals surface area contributed by atoms with E-state index in [1.54, 1.807) is 16.2 Å². The summed E-state index contributed by atoms with van der Waals surface area (Å²) in [5.41, 5.74) is 1.51. The molecule has 0 saturated heterocycles. The molecule has 0 aliphatic carbocycles. The molecule has 3 heterocycles. The maximum absolute atomic E-state index is 6.58. The van der Waals surface area contributed by atoms with Crippen LogP contribution in [0.1, 0.15) is 30.4 Å². The van der Waals surface area contributed by atoms with Gasteiger partial charge in [0.1, 0.15) is 5.38 Å². The maximum Gasteiger partial charge on any atom is 0.102 e. The smallest absolute Gasteiger partial charge is 0.102 e. The van der Waals surface area contributed by atoms with Gasteiger partial charge in [0.2, 0.25) is 0 Å². The van der Waals surface area contributed by atoms with Crippen molar-refractivity contribution in [3.8, 4) is 0 Å². The van der Waals surface area contributed by atoms with Crippen LogP contribution in [0.25, 0.3) is 0 Å². The van der Waals surface area contributed by atoms with E-state index < -0.39 is 0 Å². The van der Waals surface area contributed by atoms with Gasteiger partial charge in [-0.15, -0.1) is 34.3 Å². The molecule has 0 N–H and O–H groups in total. The molecule has 2 aromatic rings. The first-order valence-corrected chi connectivity index (χ1v) is 8.86. The fourth-order valence-electron chi connectivity index (χ4n) is 2.02. The van der Waals surface area contributed by atoms with Gasteiger partial charge in [-0.05, 0) is 42.9 Å². The summed E-state index contributed by atoms with van der Waals surface area (Å²) in [4.78, 5) is 5.48. The van der Waals surface area contributed by atoms with Crippen molar-refractivity contribution in [2.75, 3.05) is 5.75 Å². The molecule has 0 radical (unpaired) electrons. The average Bonchev–Trinajstić information content (AvgIpc) is 2.93. The first-order chi connectivity index (χ1) is 8.24. The van der Waals surface area contributed by atoms with E-state index in [-0.39, 0.29) is 5.38 Å². The number of hydrogen-bond acceptors (Lipinski definition) is 3. The molecule has 4 heteroatoms. The number of thioether (sulfide) groups is 1. The predicted octanol–water partition coefficient (Wildman–Crippen LogP) is 5.24. The van der Waals surface area contributed by atoms with Gasteiger partial charge in [-0.25, -0.2) is 0 Å². The van der Waals surface area contributed by atoms with Gasteiger partial charge < -0.3 is 0 Å². The molecule has 1 aliphatic heterocycles. The van der Waals surface area contributed by atoms with Gasteiger partial charge in [0, 0.05) is 25.3 Å². The summed E-state index contributed by atoms with van der Waals surface area (Å²) in [7, 11) is 0. The van der Waals surface area contributed by atoms with Gasteiger partial charge in [-0.3, -0.25) is 0 Å². The predicted molar refractivity (Wildman–Crippen MR) is 80.9 cm³/mol. The Morgan fingerprint density at radius 2 is 2.12 bits per heavy atom. The summed E-state index contributed by atoms with van der Waals surface area (Å²) in [6, 6.07) is 6.63. The highest BCUT2D eigenvalue weighted by Crippen LogP contribution is 2.41. The minimum atomic E-state index is 0.0503. The topological polar surface area (TPSA) is 0 Å². The second-order valence-electron chi connectivity index (χ2n) is 4.21. The third kappa shape index (κ3) is 2.43. The fraction of sp³-hybridized carbons (Fsp3) is 0.385. The summed E-state index contributed by atoms with van der Waals surface area (Å²) in [5.74, 6) is 2.43. The van der Waals surface area contributed by atoms with E-state index in [4.69, 9.17) is 11.6 Å². The van der Waals surface area contributed by atoms with Gasteiger partial charge in [0.05, 0.1) is 0 Å². The van der Waals surface area contributed by atoms with Crippen LogP contribution in [0, 0.1) is 6.92 Å². The lowest BCUT2D eigenvalue weighted by Gasteiger charge is -2.08.